The highest BCUT2D eigenvalue weighted by Crippen LogP contribution is 2.33. The SMILES string of the molecule is CCOC(=O)c1[nH]c2ccc(F)cc2c1-c1ccc(F)cc1. The summed E-state index contributed by atoms with van der Waals surface area (Å²) < 4.78 is 31.7. The Bertz CT molecular complexity index is 838. The van der Waals surface area contributed by atoms with Gasteiger partial charge in [0, 0.05) is 16.5 Å². The van der Waals surface area contributed by atoms with E-state index in [0.717, 1.165) is 0 Å². The fraction of sp³-hybridized carbons (Fsp3) is 0.118. The maximum atomic E-state index is 13.6. The summed E-state index contributed by atoms with van der Waals surface area (Å²) in [4.78, 5) is 15.1. The summed E-state index contributed by atoms with van der Waals surface area (Å²) in [5.41, 5.74) is 1.96. The van der Waals surface area contributed by atoms with Crippen molar-refractivity contribution in [3.8, 4) is 11.1 Å². The maximum Gasteiger partial charge on any atom is 0.355 e. The Kier molecular flexibility index (Phi) is 3.63. The van der Waals surface area contributed by atoms with Gasteiger partial charge in [-0.2, -0.15) is 0 Å². The molecule has 0 spiro atoms. The van der Waals surface area contributed by atoms with Gasteiger partial charge in [-0.15, -0.1) is 0 Å². The molecular weight excluding hydrogens is 288 g/mol. The maximum absolute atomic E-state index is 13.6. The van der Waals surface area contributed by atoms with E-state index in [1.54, 1.807) is 25.1 Å². The highest BCUT2D eigenvalue weighted by Gasteiger charge is 2.20. The molecule has 0 amide bonds. The largest absolute Gasteiger partial charge is 0.461 e. The number of halogens is 2. The molecule has 0 saturated heterocycles. The van der Waals surface area contributed by atoms with Crippen molar-refractivity contribution in [3.63, 3.8) is 0 Å². The lowest BCUT2D eigenvalue weighted by molar-refractivity contribution is 0.0521. The Morgan fingerprint density at radius 1 is 1.09 bits per heavy atom. The predicted molar refractivity (Wildman–Crippen MR) is 79.6 cm³/mol. The van der Waals surface area contributed by atoms with Crippen LogP contribution in [0.1, 0.15) is 17.4 Å². The van der Waals surface area contributed by atoms with Gasteiger partial charge in [-0.25, -0.2) is 13.6 Å². The molecule has 0 bridgehead atoms. The van der Waals surface area contributed by atoms with Crippen LogP contribution in [-0.4, -0.2) is 17.6 Å². The minimum absolute atomic E-state index is 0.228. The Balaban J connectivity index is 2.27. The Labute approximate surface area is 125 Å². The average Bonchev–Trinajstić information content (AvgIpc) is 2.87. The van der Waals surface area contributed by atoms with Gasteiger partial charge >= 0.3 is 5.97 Å². The Hall–Kier alpha value is -2.69. The van der Waals surface area contributed by atoms with Crippen LogP contribution in [0.4, 0.5) is 8.78 Å². The van der Waals surface area contributed by atoms with Crippen LogP contribution in [0.5, 0.6) is 0 Å². The lowest BCUT2D eigenvalue weighted by Crippen LogP contribution is -2.06. The molecule has 0 saturated carbocycles. The normalized spacial score (nSPS) is 10.9. The molecule has 1 heterocycles. The van der Waals surface area contributed by atoms with Crippen LogP contribution in [0.25, 0.3) is 22.0 Å². The quantitative estimate of drug-likeness (QED) is 0.733. The second-order valence-corrected chi connectivity index (χ2v) is 4.79. The van der Waals surface area contributed by atoms with Crippen molar-refractivity contribution in [3.05, 3.63) is 59.8 Å². The highest BCUT2D eigenvalue weighted by molar-refractivity contribution is 6.08. The fourth-order valence-corrected chi connectivity index (χ4v) is 2.44. The zero-order chi connectivity index (χ0) is 15.7. The summed E-state index contributed by atoms with van der Waals surface area (Å²) in [7, 11) is 0. The van der Waals surface area contributed by atoms with E-state index in [9.17, 15) is 13.6 Å². The van der Waals surface area contributed by atoms with E-state index >= 15 is 0 Å². The van der Waals surface area contributed by atoms with Crippen LogP contribution in [0.2, 0.25) is 0 Å². The molecule has 1 aromatic heterocycles. The molecule has 2 aromatic carbocycles. The van der Waals surface area contributed by atoms with Gasteiger partial charge in [-0.3, -0.25) is 0 Å². The van der Waals surface area contributed by atoms with E-state index in [2.05, 4.69) is 4.98 Å². The van der Waals surface area contributed by atoms with E-state index in [1.165, 1.54) is 24.3 Å². The van der Waals surface area contributed by atoms with Gasteiger partial charge in [0.2, 0.25) is 0 Å². The summed E-state index contributed by atoms with van der Waals surface area (Å²) in [5.74, 6) is -1.32. The molecule has 3 aromatic rings. The summed E-state index contributed by atoms with van der Waals surface area (Å²) in [5, 5.41) is 0.551. The van der Waals surface area contributed by atoms with Gasteiger partial charge in [0.05, 0.1) is 6.61 Å². The molecule has 0 fully saturated rings. The monoisotopic (exact) mass is 301 g/mol. The molecule has 0 atom stereocenters. The third-order valence-electron chi connectivity index (χ3n) is 3.37. The number of aromatic amines is 1. The van der Waals surface area contributed by atoms with Gasteiger partial charge in [0.25, 0.3) is 0 Å². The first-order chi connectivity index (χ1) is 10.6. The van der Waals surface area contributed by atoms with Crippen LogP contribution in [-0.2, 0) is 4.74 Å². The second-order valence-electron chi connectivity index (χ2n) is 4.79. The molecule has 5 heteroatoms. The van der Waals surface area contributed by atoms with Crippen LogP contribution in [0.3, 0.4) is 0 Å². The number of nitrogens with one attached hydrogen (secondary N) is 1. The number of aromatic nitrogens is 1. The third kappa shape index (κ3) is 2.45. The number of carbonyl (C=O) groups excluding carboxylic acids is 1. The summed E-state index contributed by atoms with van der Waals surface area (Å²) in [6.07, 6.45) is 0. The number of hydrogen-bond acceptors (Lipinski definition) is 2. The first-order valence-electron chi connectivity index (χ1n) is 6.84. The Morgan fingerprint density at radius 3 is 2.45 bits per heavy atom. The molecule has 22 heavy (non-hydrogen) atoms. The molecular formula is C17H13F2NO2. The van der Waals surface area contributed by atoms with Crippen molar-refractivity contribution in [1.29, 1.82) is 0 Å². The fourth-order valence-electron chi connectivity index (χ4n) is 2.44. The van der Waals surface area contributed by atoms with Crippen LogP contribution >= 0.6 is 0 Å². The van der Waals surface area contributed by atoms with Crippen molar-refractivity contribution >= 4 is 16.9 Å². The van der Waals surface area contributed by atoms with E-state index in [1.807, 2.05) is 0 Å². The van der Waals surface area contributed by atoms with Gasteiger partial charge in [0.1, 0.15) is 17.3 Å². The number of carbonyl (C=O) groups is 1. The number of benzene rings is 2. The van der Waals surface area contributed by atoms with Gasteiger partial charge in [-0.05, 0) is 42.8 Å². The number of fused-ring (bicyclic) bond motifs is 1. The minimum atomic E-state index is -0.529. The number of hydrogen-bond donors (Lipinski definition) is 1. The lowest BCUT2D eigenvalue weighted by Gasteiger charge is -2.05. The predicted octanol–water partition coefficient (Wildman–Crippen LogP) is 4.29. The minimum Gasteiger partial charge on any atom is -0.461 e. The standard InChI is InChI=1S/C17H13F2NO2/c1-2-22-17(21)16-15(10-3-5-11(18)6-4-10)13-9-12(19)7-8-14(13)20-16/h3-9,20H,2H2,1H3. The van der Waals surface area contributed by atoms with Crippen LogP contribution in [0.15, 0.2) is 42.5 Å². The van der Waals surface area contributed by atoms with Crippen molar-refractivity contribution in [2.75, 3.05) is 6.61 Å². The van der Waals surface area contributed by atoms with Gasteiger partial charge < -0.3 is 9.72 Å². The topological polar surface area (TPSA) is 42.1 Å². The molecule has 1 N–H and O–H groups in total. The number of ether oxygens (including phenoxy) is 1. The Morgan fingerprint density at radius 2 is 1.77 bits per heavy atom. The van der Waals surface area contributed by atoms with Gasteiger partial charge in [-0.1, -0.05) is 12.1 Å². The number of esters is 1. The van der Waals surface area contributed by atoms with Crippen molar-refractivity contribution in [2.45, 2.75) is 6.92 Å². The van der Waals surface area contributed by atoms with E-state index in [4.69, 9.17) is 4.74 Å². The molecule has 3 rings (SSSR count). The smallest absolute Gasteiger partial charge is 0.355 e. The van der Waals surface area contributed by atoms with E-state index < -0.39 is 11.8 Å². The van der Waals surface area contributed by atoms with E-state index in [0.29, 0.717) is 22.0 Å². The second kappa shape index (κ2) is 5.60. The summed E-state index contributed by atoms with van der Waals surface area (Å²) in [6.45, 7) is 1.93. The molecule has 0 aliphatic heterocycles. The zero-order valence-corrected chi connectivity index (χ0v) is 11.8. The number of rotatable bonds is 3. The molecule has 0 radical (unpaired) electrons. The van der Waals surface area contributed by atoms with Crippen LogP contribution in [0, 0.1) is 11.6 Å². The summed E-state index contributed by atoms with van der Waals surface area (Å²) in [6, 6.07) is 9.89. The molecule has 0 unspecified atom stereocenters. The lowest BCUT2D eigenvalue weighted by atomic mass is 10.0. The van der Waals surface area contributed by atoms with Crippen molar-refractivity contribution in [2.24, 2.45) is 0 Å². The molecule has 3 nitrogen and oxygen atoms in total. The average molecular weight is 301 g/mol. The van der Waals surface area contributed by atoms with E-state index in [-0.39, 0.29) is 18.1 Å². The third-order valence-corrected chi connectivity index (χ3v) is 3.37. The zero-order valence-electron chi connectivity index (χ0n) is 11.8. The molecule has 112 valence electrons. The number of H-pyrrole nitrogens is 1. The molecule has 0 aliphatic rings. The first-order valence-corrected chi connectivity index (χ1v) is 6.84. The van der Waals surface area contributed by atoms with Crippen molar-refractivity contribution in [1.82, 2.24) is 4.98 Å². The first kappa shape index (κ1) is 14.3. The highest BCUT2D eigenvalue weighted by atomic mass is 19.1. The van der Waals surface area contributed by atoms with Crippen LogP contribution < -0.4 is 0 Å². The van der Waals surface area contributed by atoms with Gasteiger partial charge in [0.15, 0.2) is 0 Å². The van der Waals surface area contributed by atoms with Crippen molar-refractivity contribution < 1.29 is 18.3 Å². The summed E-state index contributed by atoms with van der Waals surface area (Å²) >= 11 is 0. The molecule has 0 aliphatic carbocycles.